The number of anilines is 1. The summed E-state index contributed by atoms with van der Waals surface area (Å²) in [6.45, 7) is 0.468. The molecular weight excluding hydrogens is 293 g/mol. The van der Waals surface area contributed by atoms with Gasteiger partial charge in [-0.05, 0) is 12.1 Å². The third-order valence-electron chi connectivity index (χ3n) is 1.69. The van der Waals surface area contributed by atoms with Crippen molar-refractivity contribution in [2.24, 2.45) is 0 Å². The summed E-state index contributed by atoms with van der Waals surface area (Å²) in [4.78, 5) is -0.266. The minimum atomic E-state index is -4.22. The molecule has 0 aliphatic heterocycles. The van der Waals surface area contributed by atoms with Crippen LogP contribution in [0, 0.1) is 0 Å². The van der Waals surface area contributed by atoms with Crippen LogP contribution in [0.4, 0.5) is 5.69 Å². The average Bonchev–Trinajstić information content (AvgIpc) is 2.02. The molecule has 0 bridgehead atoms. The van der Waals surface area contributed by atoms with Gasteiger partial charge in [0.2, 0.25) is 0 Å². The molecule has 1 aromatic rings. The summed E-state index contributed by atoms with van der Waals surface area (Å²) in [6, 6.07) is 4.31. The van der Waals surface area contributed by atoms with E-state index < -0.39 is 10.1 Å². The molecule has 0 saturated carbocycles. The van der Waals surface area contributed by atoms with Crippen molar-refractivity contribution in [1.82, 2.24) is 0 Å². The molecule has 0 atom stereocenters. The van der Waals surface area contributed by atoms with E-state index in [9.17, 15) is 8.42 Å². The van der Waals surface area contributed by atoms with Gasteiger partial charge < -0.3 is 11.1 Å². The molecule has 78 valence electrons. The van der Waals surface area contributed by atoms with E-state index in [0.717, 1.165) is 5.56 Å². The summed E-state index contributed by atoms with van der Waals surface area (Å²) in [6.07, 6.45) is 0. The maximum Gasteiger partial charge on any atom is 3.00 e. The van der Waals surface area contributed by atoms with Crippen molar-refractivity contribution in [3.8, 4) is 0 Å². The maximum absolute atomic E-state index is 10.8. The fraction of sp³-hybridized carbons (Fsp3) is 0.250. The number of nitrogens with two attached hydrogens (primary N) is 1. The van der Waals surface area contributed by atoms with Gasteiger partial charge in [0.1, 0.15) is 4.90 Å². The Morgan fingerprint density at radius 3 is 2.47 bits per heavy atom. The summed E-state index contributed by atoms with van der Waals surface area (Å²) in [5, 5.41) is 3.87. The predicted molar refractivity (Wildman–Crippen MR) is 53.7 cm³/mol. The van der Waals surface area contributed by atoms with Gasteiger partial charge in [-0.1, -0.05) is 11.6 Å². The quantitative estimate of drug-likeness (QED) is 0.644. The van der Waals surface area contributed by atoms with Gasteiger partial charge in [-0.3, -0.25) is 4.55 Å². The predicted octanol–water partition coefficient (Wildman–Crippen LogP) is 1.02. The van der Waals surface area contributed by atoms with Crippen LogP contribution in [0.1, 0.15) is 5.56 Å². The topological polar surface area (TPSA) is 94.5 Å². The van der Waals surface area contributed by atoms with Gasteiger partial charge in [0.05, 0.1) is 5.69 Å². The van der Waals surface area contributed by atoms with E-state index in [2.05, 4.69) is 5.32 Å². The van der Waals surface area contributed by atoms with Crippen molar-refractivity contribution in [3.05, 3.63) is 29.1 Å². The molecule has 15 heavy (non-hydrogen) atoms. The minimum absolute atomic E-state index is 0. The van der Waals surface area contributed by atoms with Gasteiger partial charge in [0.25, 0.3) is 10.1 Å². The van der Waals surface area contributed by atoms with Crippen molar-refractivity contribution in [2.45, 2.75) is 11.4 Å². The fourth-order valence-electron chi connectivity index (χ4n) is 1.11. The standard InChI is InChI=1S/C8H11N2O3S.Y/c1-10-5-6-2-3-8(7(9)4-6)14(11,12)13;/h2-4H,5,9H2,1H3,(H,11,12,13);/q-1;+3. The van der Waals surface area contributed by atoms with Crippen LogP contribution in [0.2, 0.25) is 0 Å². The number of rotatable bonds is 3. The molecular formula is C8H11N2O3SY+2. The number of nitrogen functional groups attached to an aromatic ring is 1. The molecule has 0 aliphatic rings. The van der Waals surface area contributed by atoms with E-state index >= 15 is 0 Å². The van der Waals surface area contributed by atoms with Crippen molar-refractivity contribution >= 4 is 15.8 Å². The van der Waals surface area contributed by atoms with Crippen molar-refractivity contribution in [3.63, 3.8) is 0 Å². The Balaban J connectivity index is 0.00000196. The molecule has 0 heterocycles. The van der Waals surface area contributed by atoms with Crippen molar-refractivity contribution < 1.29 is 45.7 Å². The first-order valence-electron chi connectivity index (χ1n) is 3.86. The summed E-state index contributed by atoms with van der Waals surface area (Å²) in [5.74, 6) is 0. The molecule has 5 nitrogen and oxygen atoms in total. The largest absolute Gasteiger partial charge is 3.00 e. The van der Waals surface area contributed by atoms with E-state index in [0.29, 0.717) is 6.54 Å². The van der Waals surface area contributed by atoms with E-state index in [1.54, 1.807) is 13.1 Å². The fourth-order valence-corrected chi connectivity index (χ4v) is 1.71. The summed E-state index contributed by atoms with van der Waals surface area (Å²) in [5.41, 5.74) is 6.30. The van der Waals surface area contributed by atoms with Gasteiger partial charge >= 0.3 is 32.7 Å². The summed E-state index contributed by atoms with van der Waals surface area (Å²) in [7, 11) is -2.58. The van der Waals surface area contributed by atoms with Gasteiger partial charge in [-0.2, -0.15) is 15.5 Å². The van der Waals surface area contributed by atoms with Gasteiger partial charge in [-0.15, -0.1) is 6.54 Å². The molecule has 0 saturated heterocycles. The van der Waals surface area contributed by atoms with E-state index in [1.807, 2.05) is 0 Å². The van der Waals surface area contributed by atoms with Crippen molar-refractivity contribution in [1.29, 1.82) is 0 Å². The second kappa shape index (κ2) is 5.91. The second-order valence-corrected chi connectivity index (χ2v) is 4.21. The van der Waals surface area contributed by atoms with Gasteiger partial charge in [0, 0.05) is 0 Å². The molecule has 1 rings (SSSR count). The SMILES string of the molecule is C[N-]Cc1ccc(S(=O)(=O)O)c(N)c1.[Y+3]. The number of nitrogens with zero attached hydrogens (tertiary/aromatic N) is 1. The van der Waals surface area contributed by atoms with Crippen LogP contribution in [0.3, 0.4) is 0 Å². The maximum atomic E-state index is 10.8. The van der Waals surface area contributed by atoms with Crippen LogP contribution < -0.4 is 5.73 Å². The van der Waals surface area contributed by atoms with Crippen LogP contribution >= 0.6 is 0 Å². The second-order valence-electron chi connectivity index (χ2n) is 2.82. The molecule has 0 spiro atoms. The zero-order valence-corrected chi connectivity index (χ0v) is 11.9. The first-order valence-corrected chi connectivity index (χ1v) is 5.30. The zero-order chi connectivity index (χ0) is 10.8. The van der Waals surface area contributed by atoms with Crippen LogP contribution in [0.15, 0.2) is 23.1 Å². The molecule has 1 aromatic carbocycles. The van der Waals surface area contributed by atoms with E-state index in [1.165, 1.54) is 12.1 Å². The molecule has 0 amide bonds. The molecule has 0 aliphatic carbocycles. The molecule has 0 aromatic heterocycles. The molecule has 0 fully saturated rings. The van der Waals surface area contributed by atoms with Crippen molar-refractivity contribution in [2.75, 3.05) is 12.8 Å². The smallest absolute Gasteiger partial charge is 0.661 e. The first kappa shape index (κ1) is 15.0. The Hall–Kier alpha value is -0.00610. The van der Waals surface area contributed by atoms with E-state index in [-0.39, 0.29) is 43.3 Å². The van der Waals surface area contributed by atoms with Gasteiger partial charge in [-0.25, -0.2) is 0 Å². The third kappa shape index (κ3) is 4.16. The average molecular weight is 304 g/mol. The monoisotopic (exact) mass is 304 g/mol. The molecule has 0 radical (unpaired) electrons. The summed E-state index contributed by atoms with van der Waals surface area (Å²) >= 11 is 0. The Kier molecular flexibility index (Phi) is 5.91. The van der Waals surface area contributed by atoms with Crippen LogP contribution in [0.25, 0.3) is 5.32 Å². The Labute approximate surface area is 114 Å². The summed E-state index contributed by atoms with van der Waals surface area (Å²) < 4.78 is 30.3. The van der Waals surface area contributed by atoms with E-state index in [4.69, 9.17) is 10.3 Å². The number of hydrogen-bond donors (Lipinski definition) is 2. The van der Waals surface area contributed by atoms with Crippen LogP contribution in [-0.4, -0.2) is 20.0 Å². The van der Waals surface area contributed by atoms with Crippen LogP contribution in [-0.2, 0) is 49.4 Å². The Morgan fingerprint density at radius 2 is 2.07 bits per heavy atom. The Morgan fingerprint density at radius 1 is 1.47 bits per heavy atom. The third-order valence-corrected chi connectivity index (χ3v) is 2.62. The molecule has 7 heteroatoms. The van der Waals surface area contributed by atoms with Crippen LogP contribution in [0.5, 0.6) is 0 Å². The Bertz CT molecular complexity index is 434. The zero-order valence-electron chi connectivity index (χ0n) is 8.21. The number of hydrogen-bond acceptors (Lipinski definition) is 3. The normalized spacial score (nSPS) is 10.8. The van der Waals surface area contributed by atoms with Gasteiger partial charge in [0.15, 0.2) is 0 Å². The molecule has 0 unspecified atom stereocenters. The first-order chi connectivity index (χ1) is 6.45. The molecule has 3 N–H and O–H groups in total. The number of benzene rings is 1. The minimum Gasteiger partial charge on any atom is -0.661 e.